The minimum absolute atomic E-state index is 0.258. The van der Waals surface area contributed by atoms with Crippen molar-refractivity contribution in [3.8, 4) is 0 Å². The summed E-state index contributed by atoms with van der Waals surface area (Å²) in [5.41, 5.74) is 1.36. The Bertz CT molecular complexity index is 1860. The predicted molar refractivity (Wildman–Crippen MR) is 133 cm³/mol. The zero-order chi connectivity index (χ0) is 24.0. The average Bonchev–Trinajstić information content (AvgIpc) is 2.84. The van der Waals surface area contributed by atoms with E-state index in [0.29, 0.717) is 39.3 Å². The van der Waals surface area contributed by atoms with Crippen LogP contribution in [-0.4, -0.2) is 24.5 Å². The van der Waals surface area contributed by atoms with E-state index in [-0.39, 0.29) is 4.90 Å². The molecule has 2 aliphatic rings. The van der Waals surface area contributed by atoms with Crippen molar-refractivity contribution >= 4 is 48.1 Å². The van der Waals surface area contributed by atoms with Crippen LogP contribution in [-0.2, 0) is 16.7 Å². The summed E-state index contributed by atoms with van der Waals surface area (Å²) in [7, 11) is -4.53. The molecular formula is C25H19N2O5S2-. The zero-order valence-corrected chi connectivity index (χ0v) is 19.7. The number of anilines is 1. The van der Waals surface area contributed by atoms with E-state index in [2.05, 4.69) is 4.98 Å². The summed E-state index contributed by atoms with van der Waals surface area (Å²) < 4.78 is 35.3. The van der Waals surface area contributed by atoms with Crippen LogP contribution in [0.5, 0.6) is 0 Å². The SMILES string of the molecule is CCN(Cc1cccc(S(=O)(=O)[O-])c1)c1ccc2[nH]c3c4ccccc4c(=O)c(=O)c=3sc2c1. The van der Waals surface area contributed by atoms with Crippen LogP contribution in [0.1, 0.15) is 12.5 Å². The highest BCUT2D eigenvalue weighted by molar-refractivity contribution is 7.85. The molecule has 0 radical (unpaired) electrons. The van der Waals surface area contributed by atoms with Crippen molar-refractivity contribution < 1.29 is 13.0 Å². The molecule has 1 aliphatic heterocycles. The fraction of sp³-hybridized carbons (Fsp3) is 0.120. The van der Waals surface area contributed by atoms with E-state index < -0.39 is 21.0 Å². The van der Waals surface area contributed by atoms with E-state index in [0.717, 1.165) is 15.9 Å². The first-order valence-electron chi connectivity index (χ1n) is 10.6. The number of nitrogens with one attached hydrogen (secondary N) is 1. The molecule has 0 spiro atoms. The van der Waals surface area contributed by atoms with E-state index in [1.807, 2.05) is 42.2 Å². The fourth-order valence-corrected chi connectivity index (χ4v) is 5.75. The van der Waals surface area contributed by atoms with Gasteiger partial charge in [-0.1, -0.05) is 36.4 Å². The number of rotatable bonds is 5. The monoisotopic (exact) mass is 491 g/mol. The van der Waals surface area contributed by atoms with Crippen molar-refractivity contribution in [2.45, 2.75) is 18.4 Å². The van der Waals surface area contributed by atoms with E-state index in [1.165, 1.54) is 23.5 Å². The molecule has 0 unspecified atom stereocenters. The van der Waals surface area contributed by atoms with Gasteiger partial charge in [0, 0.05) is 29.5 Å². The second-order valence-electron chi connectivity index (χ2n) is 7.93. The summed E-state index contributed by atoms with van der Waals surface area (Å²) >= 11 is 1.27. The highest BCUT2D eigenvalue weighted by Gasteiger charge is 2.12. The van der Waals surface area contributed by atoms with Crippen LogP contribution in [0.3, 0.4) is 0 Å². The molecule has 0 atom stereocenters. The Labute approximate surface area is 198 Å². The molecule has 1 N–H and O–H groups in total. The minimum atomic E-state index is -4.53. The zero-order valence-electron chi connectivity index (χ0n) is 18.1. The molecule has 0 aromatic heterocycles. The molecule has 9 heteroatoms. The molecule has 5 rings (SSSR count). The maximum atomic E-state index is 12.8. The standard InChI is InChI=1S/C25H20N2O5S2/c1-2-27(14-15-6-5-7-17(12-15)34(30,31)32)16-10-11-20-21(13-16)33-25-22(26-20)18-8-3-4-9-19(18)23(28)24(25)29/h3-13,26H,2,14H2,1H3,(H,30,31,32)/p-1. The van der Waals surface area contributed by atoms with E-state index >= 15 is 0 Å². The molecule has 172 valence electrons. The first-order valence-corrected chi connectivity index (χ1v) is 12.8. The van der Waals surface area contributed by atoms with E-state index in [4.69, 9.17) is 0 Å². The number of nitrogens with zero attached hydrogens (tertiary/aromatic N) is 1. The summed E-state index contributed by atoms with van der Waals surface area (Å²) in [6.45, 7) is 3.00. The number of hydrogen-bond acceptors (Lipinski definition) is 7. The number of hydrogen-bond donors (Lipinski definition) is 1. The Balaban J connectivity index is 1.63. The van der Waals surface area contributed by atoms with Gasteiger partial charge in [0.15, 0.2) is 0 Å². The van der Waals surface area contributed by atoms with Crippen molar-refractivity contribution in [1.82, 2.24) is 4.98 Å². The lowest BCUT2D eigenvalue weighted by Crippen LogP contribution is -2.25. The molecule has 3 aromatic rings. The largest absolute Gasteiger partial charge is 0.744 e. The van der Waals surface area contributed by atoms with Crippen LogP contribution in [0, 0.1) is 9.88 Å². The molecule has 0 fully saturated rings. The third kappa shape index (κ3) is 3.87. The van der Waals surface area contributed by atoms with Gasteiger partial charge in [0.2, 0.25) is 10.9 Å². The van der Waals surface area contributed by atoms with Crippen molar-refractivity contribution in [1.29, 1.82) is 0 Å². The highest BCUT2D eigenvalue weighted by atomic mass is 32.2. The summed E-state index contributed by atoms with van der Waals surface area (Å²) in [6, 6.07) is 18.9. The summed E-state index contributed by atoms with van der Waals surface area (Å²) in [6.07, 6.45) is 0. The van der Waals surface area contributed by atoms with Crippen molar-refractivity contribution in [3.63, 3.8) is 0 Å². The molecule has 0 saturated heterocycles. The molecule has 1 aliphatic carbocycles. The Morgan fingerprint density at radius 3 is 2.44 bits per heavy atom. The van der Waals surface area contributed by atoms with Crippen LogP contribution in [0.4, 0.5) is 5.69 Å². The Kier molecular flexibility index (Phi) is 5.47. The molecular weight excluding hydrogens is 472 g/mol. The normalized spacial score (nSPS) is 11.9. The van der Waals surface area contributed by atoms with Crippen LogP contribution >= 0.6 is 11.3 Å². The van der Waals surface area contributed by atoms with Crippen LogP contribution in [0.15, 0.2) is 81.2 Å². The van der Waals surface area contributed by atoms with Crippen LogP contribution in [0.25, 0.3) is 21.0 Å². The summed E-state index contributed by atoms with van der Waals surface area (Å²) in [5.74, 6) is 0. The molecule has 0 bridgehead atoms. The third-order valence-electron chi connectivity index (χ3n) is 5.82. The van der Waals surface area contributed by atoms with Gasteiger partial charge in [0.25, 0.3) is 0 Å². The number of H-pyrrole nitrogens is 1. The van der Waals surface area contributed by atoms with E-state index in [9.17, 15) is 22.6 Å². The number of aromatic nitrogens is 1. The second kappa shape index (κ2) is 8.35. The molecule has 0 saturated carbocycles. The third-order valence-corrected chi connectivity index (χ3v) is 7.81. The molecule has 1 heterocycles. The lowest BCUT2D eigenvalue weighted by atomic mass is 10.1. The van der Waals surface area contributed by atoms with Gasteiger partial charge in [-0.25, -0.2) is 8.42 Å². The van der Waals surface area contributed by atoms with Gasteiger partial charge in [-0.2, -0.15) is 0 Å². The minimum Gasteiger partial charge on any atom is -0.744 e. The average molecular weight is 492 g/mol. The Hall–Kier alpha value is -3.53. The topological polar surface area (TPSA) is 110 Å². The molecule has 3 aromatic carbocycles. The predicted octanol–water partition coefficient (Wildman–Crippen LogP) is 3.76. The lowest BCUT2D eigenvalue weighted by Gasteiger charge is -2.24. The Morgan fingerprint density at radius 2 is 1.71 bits per heavy atom. The van der Waals surface area contributed by atoms with Crippen molar-refractivity contribution in [3.05, 3.63) is 103 Å². The van der Waals surface area contributed by atoms with Crippen molar-refractivity contribution in [2.75, 3.05) is 11.4 Å². The smallest absolute Gasteiger partial charge is 0.245 e. The maximum absolute atomic E-state index is 12.8. The Morgan fingerprint density at radius 1 is 0.941 bits per heavy atom. The van der Waals surface area contributed by atoms with Gasteiger partial charge < -0.3 is 14.4 Å². The van der Waals surface area contributed by atoms with Crippen LogP contribution < -0.4 is 15.8 Å². The highest BCUT2D eigenvalue weighted by Crippen LogP contribution is 2.27. The number of fused-ring (bicyclic) bond motifs is 3. The molecule has 0 amide bonds. The summed E-state index contributed by atoms with van der Waals surface area (Å²) in [5, 5.41) is 1.76. The maximum Gasteiger partial charge on any atom is 0.245 e. The van der Waals surface area contributed by atoms with Gasteiger partial charge in [0.05, 0.1) is 20.5 Å². The number of aromatic amines is 1. The van der Waals surface area contributed by atoms with Crippen molar-refractivity contribution in [2.24, 2.45) is 0 Å². The van der Waals surface area contributed by atoms with Gasteiger partial charge in [-0.05, 0) is 42.8 Å². The first kappa shape index (κ1) is 22.3. The molecule has 7 nitrogen and oxygen atoms in total. The lowest BCUT2D eigenvalue weighted by molar-refractivity contribution is 0.463. The van der Waals surface area contributed by atoms with Crippen LogP contribution in [0.2, 0.25) is 0 Å². The van der Waals surface area contributed by atoms with E-state index in [1.54, 1.807) is 24.3 Å². The fourth-order valence-electron chi connectivity index (χ4n) is 4.13. The number of benzene rings is 3. The van der Waals surface area contributed by atoms with Gasteiger partial charge >= 0.3 is 0 Å². The molecule has 34 heavy (non-hydrogen) atoms. The van der Waals surface area contributed by atoms with Gasteiger partial charge in [-0.15, -0.1) is 11.3 Å². The summed E-state index contributed by atoms with van der Waals surface area (Å²) in [4.78, 5) is 30.5. The van der Waals surface area contributed by atoms with Gasteiger partial charge in [0.1, 0.15) is 14.7 Å². The second-order valence-corrected chi connectivity index (χ2v) is 10.4. The quantitative estimate of drug-likeness (QED) is 0.296. The van der Waals surface area contributed by atoms with Gasteiger partial charge in [-0.3, -0.25) is 9.59 Å². The first-order chi connectivity index (χ1) is 16.3.